The zero-order valence-electron chi connectivity index (χ0n) is 10.6. The van der Waals surface area contributed by atoms with Gasteiger partial charge in [0, 0.05) is 11.8 Å². The molecule has 2 rings (SSSR count). The summed E-state index contributed by atoms with van der Waals surface area (Å²) in [5.41, 5.74) is 2.79. The maximum Gasteiger partial charge on any atom is 0.248 e. The number of aryl methyl sites for hydroxylation is 1. The van der Waals surface area contributed by atoms with Crippen molar-refractivity contribution in [2.24, 2.45) is 0 Å². The normalized spacial score (nSPS) is 10.6. The molecule has 2 N–H and O–H groups in total. The monoisotopic (exact) mass is 253 g/mol. The van der Waals surface area contributed by atoms with Crippen molar-refractivity contribution >= 4 is 17.7 Å². The molecule has 96 valence electrons. The molecule has 0 aromatic heterocycles. The van der Waals surface area contributed by atoms with E-state index in [1.165, 1.54) is 18.2 Å². The largest absolute Gasteiger partial charge is 0.508 e. The molecule has 1 amide bonds. The summed E-state index contributed by atoms with van der Waals surface area (Å²) in [6.45, 7) is 2.01. The van der Waals surface area contributed by atoms with Gasteiger partial charge in [-0.15, -0.1) is 0 Å². The number of nitrogens with one attached hydrogen (secondary N) is 1. The Bertz CT molecular complexity index is 600. The highest BCUT2D eigenvalue weighted by atomic mass is 16.3. The van der Waals surface area contributed by atoms with Crippen LogP contribution in [0.3, 0.4) is 0 Å². The lowest BCUT2D eigenvalue weighted by Crippen LogP contribution is -2.07. The lowest BCUT2D eigenvalue weighted by molar-refractivity contribution is -0.111. The smallest absolute Gasteiger partial charge is 0.248 e. The highest BCUT2D eigenvalue weighted by Crippen LogP contribution is 2.13. The van der Waals surface area contributed by atoms with Crippen LogP contribution in [-0.4, -0.2) is 11.0 Å². The van der Waals surface area contributed by atoms with Gasteiger partial charge in [0.05, 0.1) is 0 Å². The van der Waals surface area contributed by atoms with Gasteiger partial charge >= 0.3 is 0 Å². The molecule has 3 nitrogen and oxygen atoms in total. The fourth-order valence-electron chi connectivity index (χ4n) is 1.67. The number of aromatic hydroxyl groups is 1. The fraction of sp³-hybridized carbons (Fsp3) is 0.0625. The van der Waals surface area contributed by atoms with Crippen LogP contribution in [0.5, 0.6) is 5.75 Å². The Balaban J connectivity index is 1.99. The summed E-state index contributed by atoms with van der Waals surface area (Å²) in [6.07, 6.45) is 3.25. The van der Waals surface area contributed by atoms with Crippen molar-refractivity contribution in [3.63, 3.8) is 0 Å². The minimum atomic E-state index is -0.202. The van der Waals surface area contributed by atoms with E-state index in [1.807, 2.05) is 31.2 Å². The van der Waals surface area contributed by atoms with Gasteiger partial charge < -0.3 is 10.4 Å². The molecule has 3 heteroatoms. The van der Waals surface area contributed by atoms with Crippen LogP contribution in [0.2, 0.25) is 0 Å². The summed E-state index contributed by atoms with van der Waals surface area (Å²) in [5, 5.41) is 11.9. The Morgan fingerprint density at radius 3 is 2.58 bits per heavy atom. The van der Waals surface area contributed by atoms with E-state index in [-0.39, 0.29) is 11.7 Å². The molecule has 0 spiro atoms. The molecular formula is C16H15NO2. The minimum Gasteiger partial charge on any atom is -0.508 e. The van der Waals surface area contributed by atoms with E-state index in [0.717, 1.165) is 11.1 Å². The fourth-order valence-corrected chi connectivity index (χ4v) is 1.67. The molecule has 0 atom stereocenters. The van der Waals surface area contributed by atoms with Gasteiger partial charge in [-0.3, -0.25) is 4.79 Å². The van der Waals surface area contributed by atoms with E-state index in [2.05, 4.69) is 5.32 Å². The average Bonchev–Trinajstić information content (AvgIpc) is 2.39. The van der Waals surface area contributed by atoms with Crippen molar-refractivity contribution in [3.05, 3.63) is 65.7 Å². The van der Waals surface area contributed by atoms with Crippen molar-refractivity contribution in [1.29, 1.82) is 0 Å². The standard InChI is InChI=1S/C16H15NO2/c1-12-3-2-4-13(11-12)5-10-16(19)17-14-6-8-15(18)9-7-14/h2-11,18H,1H3,(H,17,19)/b10-5+. The summed E-state index contributed by atoms with van der Waals surface area (Å²) in [4.78, 5) is 11.7. The van der Waals surface area contributed by atoms with Crippen LogP contribution in [-0.2, 0) is 4.79 Å². The van der Waals surface area contributed by atoms with Crippen LogP contribution in [0.25, 0.3) is 6.08 Å². The Morgan fingerprint density at radius 2 is 1.89 bits per heavy atom. The molecule has 0 saturated carbocycles. The lowest BCUT2D eigenvalue weighted by atomic mass is 10.1. The first-order valence-corrected chi connectivity index (χ1v) is 5.98. The molecule has 0 bridgehead atoms. The van der Waals surface area contributed by atoms with E-state index >= 15 is 0 Å². The van der Waals surface area contributed by atoms with E-state index in [0.29, 0.717) is 5.69 Å². The van der Waals surface area contributed by atoms with Gasteiger partial charge in [-0.1, -0.05) is 29.8 Å². The number of rotatable bonds is 3. The third-order valence-electron chi connectivity index (χ3n) is 2.60. The highest BCUT2D eigenvalue weighted by Gasteiger charge is 1.97. The van der Waals surface area contributed by atoms with Gasteiger partial charge in [-0.05, 0) is 42.8 Å². The van der Waals surface area contributed by atoms with Gasteiger partial charge in [0.1, 0.15) is 5.75 Å². The molecule has 19 heavy (non-hydrogen) atoms. The number of carbonyl (C=O) groups excluding carboxylic acids is 1. The van der Waals surface area contributed by atoms with E-state index in [1.54, 1.807) is 18.2 Å². The Morgan fingerprint density at radius 1 is 1.16 bits per heavy atom. The minimum absolute atomic E-state index is 0.174. The Kier molecular flexibility index (Phi) is 3.98. The number of phenolic OH excluding ortho intramolecular Hbond substituents is 1. The van der Waals surface area contributed by atoms with Crippen LogP contribution in [0.4, 0.5) is 5.69 Å². The number of carbonyl (C=O) groups is 1. The Hall–Kier alpha value is -2.55. The van der Waals surface area contributed by atoms with Crippen molar-refractivity contribution in [2.45, 2.75) is 6.92 Å². The van der Waals surface area contributed by atoms with Crippen molar-refractivity contribution in [3.8, 4) is 5.75 Å². The Labute approximate surface area is 112 Å². The summed E-state index contributed by atoms with van der Waals surface area (Å²) >= 11 is 0. The summed E-state index contributed by atoms with van der Waals surface area (Å²) < 4.78 is 0. The van der Waals surface area contributed by atoms with Gasteiger partial charge in [0.25, 0.3) is 0 Å². The molecule has 2 aromatic carbocycles. The van der Waals surface area contributed by atoms with Crippen molar-refractivity contribution in [1.82, 2.24) is 0 Å². The zero-order valence-corrected chi connectivity index (χ0v) is 10.6. The van der Waals surface area contributed by atoms with Crippen molar-refractivity contribution in [2.75, 3.05) is 5.32 Å². The SMILES string of the molecule is Cc1cccc(/C=C/C(=O)Nc2ccc(O)cc2)c1. The first-order chi connectivity index (χ1) is 9.13. The molecular weight excluding hydrogens is 238 g/mol. The zero-order chi connectivity index (χ0) is 13.7. The number of phenols is 1. The molecule has 0 unspecified atom stereocenters. The number of hydrogen-bond donors (Lipinski definition) is 2. The molecule has 0 aliphatic rings. The topological polar surface area (TPSA) is 49.3 Å². The summed E-state index contributed by atoms with van der Waals surface area (Å²) in [6, 6.07) is 14.3. The van der Waals surface area contributed by atoms with E-state index in [9.17, 15) is 4.79 Å². The molecule has 0 aliphatic carbocycles. The molecule has 2 aromatic rings. The maximum absolute atomic E-state index is 11.7. The average molecular weight is 253 g/mol. The number of anilines is 1. The van der Waals surface area contributed by atoms with Crippen LogP contribution in [0, 0.1) is 6.92 Å². The predicted molar refractivity (Wildman–Crippen MR) is 76.9 cm³/mol. The summed E-state index contributed by atoms with van der Waals surface area (Å²) in [7, 11) is 0. The van der Waals surface area contributed by atoms with Gasteiger partial charge in [0.15, 0.2) is 0 Å². The molecule has 0 saturated heterocycles. The second kappa shape index (κ2) is 5.87. The molecule has 0 fully saturated rings. The third kappa shape index (κ3) is 4.00. The number of amides is 1. The lowest BCUT2D eigenvalue weighted by Gasteiger charge is -2.01. The van der Waals surface area contributed by atoms with Crippen LogP contribution < -0.4 is 5.32 Å². The van der Waals surface area contributed by atoms with Crippen LogP contribution in [0.15, 0.2) is 54.6 Å². The molecule has 0 heterocycles. The van der Waals surface area contributed by atoms with Crippen molar-refractivity contribution < 1.29 is 9.90 Å². The molecule has 0 aliphatic heterocycles. The number of benzene rings is 2. The van der Waals surface area contributed by atoms with E-state index in [4.69, 9.17) is 5.11 Å². The van der Waals surface area contributed by atoms with Crippen LogP contribution in [0.1, 0.15) is 11.1 Å². The second-order valence-electron chi connectivity index (χ2n) is 4.28. The van der Waals surface area contributed by atoms with Gasteiger partial charge in [0.2, 0.25) is 5.91 Å². The summed E-state index contributed by atoms with van der Waals surface area (Å²) in [5.74, 6) is -0.0273. The second-order valence-corrected chi connectivity index (χ2v) is 4.28. The first-order valence-electron chi connectivity index (χ1n) is 5.98. The third-order valence-corrected chi connectivity index (χ3v) is 2.60. The molecule has 0 radical (unpaired) electrons. The number of hydrogen-bond acceptors (Lipinski definition) is 2. The maximum atomic E-state index is 11.7. The van der Waals surface area contributed by atoms with Gasteiger partial charge in [-0.25, -0.2) is 0 Å². The van der Waals surface area contributed by atoms with Crippen LogP contribution >= 0.6 is 0 Å². The highest BCUT2D eigenvalue weighted by molar-refractivity contribution is 6.01. The van der Waals surface area contributed by atoms with E-state index < -0.39 is 0 Å². The quantitative estimate of drug-likeness (QED) is 0.651. The first kappa shape index (κ1) is 12.9. The predicted octanol–water partition coefficient (Wildman–Crippen LogP) is 3.35. The van der Waals surface area contributed by atoms with Gasteiger partial charge in [-0.2, -0.15) is 0 Å².